The van der Waals surface area contributed by atoms with Crippen LogP contribution in [0.15, 0.2) is 36.5 Å². The number of hydrogen-bond acceptors (Lipinski definition) is 5. The number of likely N-dealkylation sites (tertiary alicyclic amines) is 1. The van der Waals surface area contributed by atoms with Crippen molar-refractivity contribution in [3.8, 4) is 0 Å². The van der Waals surface area contributed by atoms with Crippen molar-refractivity contribution < 1.29 is 14.3 Å². The van der Waals surface area contributed by atoms with Gasteiger partial charge >= 0.3 is 0 Å². The second-order valence-corrected chi connectivity index (χ2v) is 7.01. The first-order valence-corrected chi connectivity index (χ1v) is 9.51. The van der Waals surface area contributed by atoms with Gasteiger partial charge in [-0.3, -0.25) is 9.59 Å². The molecule has 0 saturated carbocycles. The Morgan fingerprint density at radius 2 is 2.07 bits per heavy atom. The number of nitrogens with one attached hydrogen (secondary N) is 1. The molecular formula is C21H26N4O3. The molecule has 1 N–H and O–H groups in total. The molecule has 1 aromatic carbocycles. The SMILES string of the molecule is COCC(=O)N1CCC[C@H](c2ncc(C(=O)NCc3ccccc3)c(C)n2)C1. The van der Waals surface area contributed by atoms with Crippen LogP contribution in [0, 0.1) is 6.92 Å². The molecule has 1 atom stereocenters. The molecule has 28 heavy (non-hydrogen) atoms. The predicted molar refractivity (Wildman–Crippen MR) is 105 cm³/mol. The molecule has 1 aliphatic heterocycles. The van der Waals surface area contributed by atoms with Gasteiger partial charge in [0.25, 0.3) is 5.91 Å². The molecule has 7 nitrogen and oxygen atoms in total. The Balaban J connectivity index is 1.64. The van der Waals surface area contributed by atoms with Crippen molar-refractivity contribution in [1.82, 2.24) is 20.2 Å². The minimum atomic E-state index is -0.187. The van der Waals surface area contributed by atoms with Crippen molar-refractivity contribution in [1.29, 1.82) is 0 Å². The first kappa shape index (κ1) is 19.9. The normalized spacial score (nSPS) is 16.6. The van der Waals surface area contributed by atoms with Crippen LogP contribution in [0.2, 0.25) is 0 Å². The molecule has 0 unspecified atom stereocenters. The van der Waals surface area contributed by atoms with Gasteiger partial charge in [0.05, 0.1) is 11.3 Å². The number of benzene rings is 1. The molecular weight excluding hydrogens is 356 g/mol. The average molecular weight is 382 g/mol. The van der Waals surface area contributed by atoms with E-state index in [0.29, 0.717) is 30.2 Å². The van der Waals surface area contributed by atoms with Crippen LogP contribution in [-0.4, -0.2) is 53.5 Å². The summed E-state index contributed by atoms with van der Waals surface area (Å²) in [6.07, 6.45) is 3.42. The molecule has 3 rings (SSSR count). The van der Waals surface area contributed by atoms with Gasteiger partial charge in [-0.2, -0.15) is 0 Å². The van der Waals surface area contributed by atoms with Gasteiger partial charge < -0.3 is 15.0 Å². The first-order chi connectivity index (χ1) is 13.6. The summed E-state index contributed by atoms with van der Waals surface area (Å²) in [4.78, 5) is 35.4. The van der Waals surface area contributed by atoms with Crippen LogP contribution in [-0.2, 0) is 16.1 Å². The highest BCUT2D eigenvalue weighted by Crippen LogP contribution is 2.25. The van der Waals surface area contributed by atoms with Crippen LogP contribution in [0.3, 0.4) is 0 Å². The summed E-state index contributed by atoms with van der Waals surface area (Å²) >= 11 is 0. The van der Waals surface area contributed by atoms with E-state index in [2.05, 4.69) is 15.3 Å². The van der Waals surface area contributed by atoms with Crippen LogP contribution in [0.5, 0.6) is 0 Å². The number of aryl methyl sites for hydroxylation is 1. The van der Waals surface area contributed by atoms with E-state index in [9.17, 15) is 9.59 Å². The summed E-state index contributed by atoms with van der Waals surface area (Å²) in [6.45, 7) is 3.69. The summed E-state index contributed by atoms with van der Waals surface area (Å²) in [5, 5.41) is 2.91. The molecule has 0 bridgehead atoms. The van der Waals surface area contributed by atoms with Gasteiger partial charge in [-0.1, -0.05) is 30.3 Å². The molecule has 1 aromatic heterocycles. The fraction of sp³-hybridized carbons (Fsp3) is 0.429. The molecule has 1 fully saturated rings. The molecule has 7 heteroatoms. The van der Waals surface area contributed by atoms with E-state index < -0.39 is 0 Å². The molecule has 0 radical (unpaired) electrons. The Hall–Kier alpha value is -2.80. The maximum atomic E-state index is 12.5. The zero-order valence-corrected chi connectivity index (χ0v) is 16.4. The number of methoxy groups -OCH3 is 1. The van der Waals surface area contributed by atoms with Crippen LogP contribution in [0.4, 0.5) is 0 Å². The Morgan fingerprint density at radius 1 is 1.29 bits per heavy atom. The lowest BCUT2D eigenvalue weighted by molar-refractivity contribution is -0.136. The van der Waals surface area contributed by atoms with Gasteiger partial charge in [0, 0.05) is 38.9 Å². The topological polar surface area (TPSA) is 84.4 Å². The minimum absolute atomic E-state index is 0.0131. The summed E-state index contributed by atoms with van der Waals surface area (Å²) in [5.41, 5.74) is 2.16. The highest BCUT2D eigenvalue weighted by atomic mass is 16.5. The average Bonchev–Trinajstić information content (AvgIpc) is 2.73. The maximum Gasteiger partial charge on any atom is 0.254 e. The predicted octanol–water partition coefficient (Wildman–Crippen LogP) is 2.07. The highest BCUT2D eigenvalue weighted by molar-refractivity contribution is 5.94. The third-order valence-electron chi connectivity index (χ3n) is 4.95. The highest BCUT2D eigenvalue weighted by Gasteiger charge is 2.27. The summed E-state index contributed by atoms with van der Waals surface area (Å²) < 4.78 is 4.95. The standard InChI is InChI=1S/C21H26N4O3/c1-15-18(21(27)23-11-16-7-4-3-5-8-16)12-22-20(24-15)17-9-6-10-25(13-17)19(26)14-28-2/h3-5,7-8,12,17H,6,9-11,13-14H2,1-2H3,(H,23,27)/t17-/m0/s1. The molecule has 2 amide bonds. The Kier molecular flexibility index (Phi) is 6.71. The number of amides is 2. The Bertz CT molecular complexity index is 826. The third-order valence-corrected chi connectivity index (χ3v) is 4.95. The maximum absolute atomic E-state index is 12.5. The van der Waals surface area contributed by atoms with Gasteiger partial charge in [0.1, 0.15) is 12.4 Å². The van der Waals surface area contributed by atoms with E-state index in [-0.39, 0.29) is 24.3 Å². The van der Waals surface area contributed by atoms with Gasteiger partial charge in [0.2, 0.25) is 5.91 Å². The molecule has 0 aliphatic carbocycles. The zero-order chi connectivity index (χ0) is 19.9. The summed E-state index contributed by atoms with van der Waals surface area (Å²) in [5.74, 6) is 0.566. The Morgan fingerprint density at radius 3 is 2.79 bits per heavy atom. The van der Waals surface area contributed by atoms with Gasteiger partial charge in [0.15, 0.2) is 0 Å². The lowest BCUT2D eigenvalue weighted by atomic mass is 9.97. The smallest absolute Gasteiger partial charge is 0.254 e. The fourth-order valence-corrected chi connectivity index (χ4v) is 3.41. The summed E-state index contributed by atoms with van der Waals surface area (Å²) in [7, 11) is 1.52. The molecule has 1 saturated heterocycles. The number of carbonyl (C=O) groups excluding carboxylic acids is 2. The largest absolute Gasteiger partial charge is 0.375 e. The second kappa shape index (κ2) is 9.41. The van der Waals surface area contributed by atoms with Crippen LogP contribution < -0.4 is 5.32 Å². The van der Waals surface area contributed by atoms with Crippen molar-refractivity contribution in [3.05, 3.63) is 59.2 Å². The van der Waals surface area contributed by atoms with E-state index in [1.807, 2.05) is 37.3 Å². The zero-order valence-electron chi connectivity index (χ0n) is 16.4. The fourth-order valence-electron chi connectivity index (χ4n) is 3.41. The quantitative estimate of drug-likeness (QED) is 0.827. The number of nitrogens with zero attached hydrogens (tertiary/aromatic N) is 3. The third kappa shape index (κ3) is 4.92. The van der Waals surface area contributed by atoms with E-state index in [1.54, 1.807) is 11.1 Å². The number of piperidine rings is 1. The van der Waals surface area contributed by atoms with Crippen molar-refractivity contribution in [3.63, 3.8) is 0 Å². The lowest BCUT2D eigenvalue weighted by Gasteiger charge is -2.32. The number of ether oxygens (including phenoxy) is 1. The lowest BCUT2D eigenvalue weighted by Crippen LogP contribution is -2.41. The number of carbonyl (C=O) groups is 2. The van der Waals surface area contributed by atoms with Crippen molar-refractivity contribution in [2.45, 2.75) is 32.2 Å². The monoisotopic (exact) mass is 382 g/mol. The minimum Gasteiger partial charge on any atom is -0.375 e. The summed E-state index contributed by atoms with van der Waals surface area (Å²) in [6, 6.07) is 9.75. The van der Waals surface area contributed by atoms with Gasteiger partial charge in [-0.15, -0.1) is 0 Å². The van der Waals surface area contributed by atoms with Crippen molar-refractivity contribution in [2.24, 2.45) is 0 Å². The first-order valence-electron chi connectivity index (χ1n) is 9.51. The molecule has 148 valence electrons. The van der Waals surface area contributed by atoms with Gasteiger partial charge in [-0.05, 0) is 25.3 Å². The second-order valence-electron chi connectivity index (χ2n) is 7.01. The Labute approximate surface area is 165 Å². The van der Waals surface area contributed by atoms with Crippen molar-refractivity contribution >= 4 is 11.8 Å². The van der Waals surface area contributed by atoms with E-state index >= 15 is 0 Å². The molecule has 1 aliphatic rings. The van der Waals surface area contributed by atoms with E-state index in [4.69, 9.17) is 4.74 Å². The van der Waals surface area contributed by atoms with Crippen molar-refractivity contribution in [2.75, 3.05) is 26.8 Å². The van der Waals surface area contributed by atoms with E-state index in [0.717, 1.165) is 24.9 Å². The number of hydrogen-bond donors (Lipinski definition) is 1. The molecule has 0 spiro atoms. The van der Waals surface area contributed by atoms with Crippen LogP contribution in [0.25, 0.3) is 0 Å². The molecule has 2 aromatic rings. The number of aromatic nitrogens is 2. The van der Waals surface area contributed by atoms with Crippen LogP contribution in [0.1, 0.15) is 46.2 Å². The van der Waals surface area contributed by atoms with E-state index in [1.165, 1.54) is 7.11 Å². The van der Waals surface area contributed by atoms with Crippen LogP contribution >= 0.6 is 0 Å². The molecule has 2 heterocycles. The van der Waals surface area contributed by atoms with Gasteiger partial charge in [-0.25, -0.2) is 9.97 Å². The number of rotatable bonds is 6.